The molecule has 1 N–H and O–H groups in total. The predicted molar refractivity (Wildman–Crippen MR) is 144 cm³/mol. The second-order valence-corrected chi connectivity index (χ2v) is 8.81. The Morgan fingerprint density at radius 2 is 1.65 bits per heavy atom. The minimum absolute atomic E-state index is 0.0904. The fourth-order valence-electron chi connectivity index (χ4n) is 3.55. The molecule has 0 saturated heterocycles. The van der Waals surface area contributed by atoms with E-state index in [2.05, 4.69) is 20.7 Å². The van der Waals surface area contributed by atoms with Crippen LogP contribution in [0.1, 0.15) is 11.1 Å². The van der Waals surface area contributed by atoms with Gasteiger partial charge in [-0.2, -0.15) is 5.10 Å². The summed E-state index contributed by atoms with van der Waals surface area (Å²) in [4.78, 5) is 12.6. The van der Waals surface area contributed by atoms with Crippen molar-refractivity contribution in [2.75, 3.05) is 27.1 Å². The molecular weight excluding hydrogens is 490 g/mol. The van der Waals surface area contributed by atoms with E-state index in [1.807, 2.05) is 66.1 Å². The highest BCUT2D eigenvalue weighted by Crippen LogP contribution is 2.32. The van der Waals surface area contributed by atoms with Crippen molar-refractivity contribution in [2.45, 2.75) is 12.1 Å². The number of benzene rings is 3. The number of ether oxygens (including phenoxy) is 3. The number of hydrogen-bond acceptors (Lipinski definition) is 8. The second kappa shape index (κ2) is 12.1. The van der Waals surface area contributed by atoms with Crippen molar-refractivity contribution in [3.05, 3.63) is 77.9 Å². The molecule has 0 bridgehead atoms. The van der Waals surface area contributed by atoms with Crippen molar-refractivity contribution in [1.29, 1.82) is 0 Å². The standard InChI is InChI=1S/C27H27N5O4S/c1-18-10-12-19(13-11-18)26-30-31-27(32(26)20-8-6-5-7-9-20)37-17-25(33)29-28-16-22-23(35-3)14-21(34-2)15-24(22)36-4/h5-16H,17H2,1-4H3,(H,29,33)/b28-16+. The molecule has 4 aromatic rings. The van der Waals surface area contributed by atoms with Crippen molar-refractivity contribution >= 4 is 23.9 Å². The number of nitrogens with one attached hydrogen (secondary N) is 1. The zero-order valence-corrected chi connectivity index (χ0v) is 21.8. The lowest BCUT2D eigenvalue weighted by molar-refractivity contribution is -0.118. The van der Waals surface area contributed by atoms with Crippen LogP contribution < -0.4 is 19.6 Å². The first-order valence-electron chi connectivity index (χ1n) is 11.4. The Morgan fingerprint density at radius 1 is 0.973 bits per heavy atom. The van der Waals surface area contributed by atoms with Gasteiger partial charge in [0.15, 0.2) is 11.0 Å². The van der Waals surface area contributed by atoms with Crippen molar-refractivity contribution < 1.29 is 19.0 Å². The Morgan fingerprint density at radius 3 is 2.27 bits per heavy atom. The number of methoxy groups -OCH3 is 3. The van der Waals surface area contributed by atoms with Gasteiger partial charge in [-0.05, 0) is 19.1 Å². The Balaban J connectivity index is 1.50. The van der Waals surface area contributed by atoms with Gasteiger partial charge in [0.2, 0.25) is 0 Å². The molecule has 0 spiro atoms. The monoisotopic (exact) mass is 517 g/mol. The van der Waals surface area contributed by atoms with Crippen LogP contribution in [0.2, 0.25) is 0 Å². The minimum Gasteiger partial charge on any atom is -0.496 e. The summed E-state index contributed by atoms with van der Waals surface area (Å²) in [6, 6.07) is 21.3. The first-order chi connectivity index (χ1) is 18.0. The van der Waals surface area contributed by atoms with E-state index >= 15 is 0 Å². The molecular formula is C27H27N5O4S. The summed E-state index contributed by atoms with van der Waals surface area (Å²) in [5, 5.41) is 13.5. The smallest absolute Gasteiger partial charge is 0.250 e. The zero-order valence-electron chi connectivity index (χ0n) is 21.0. The summed E-state index contributed by atoms with van der Waals surface area (Å²) in [6.07, 6.45) is 1.47. The highest BCUT2D eigenvalue weighted by Gasteiger charge is 2.17. The summed E-state index contributed by atoms with van der Waals surface area (Å²) in [6.45, 7) is 2.04. The maximum absolute atomic E-state index is 12.6. The summed E-state index contributed by atoms with van der Waals surface area (Å²) in [5.41, 5.74) is 6.12. The van der Waals surface area contributed by atoms with Gasteiger partial charge in [-0.1, -0.05) is 59.8 Å². The molecule has 1 aromatic heterocycles. The van der Waals surface area contributed by atoms with Crippen LogP contribution >= 0.6 is 11.8 Å². The molecule has 0 fully saturated rings. The van der Waals surface area contributed by atoms with E-state index in [9.17, 15) is 4.79 Å². The zero-order chi connectivity index (χ0) is 26.2. The molecule has 190 valence electrons. The molecule has 10 heteroatoms. The van der Waals surface area contributed by atoms with Crippen LogP contribution in [0.5, 0.6) is 17.2 Å². The number of aryl methyl sites for hydroxylation is 1. The normalized spacial score (nSPS) is 10.9. The number of para-hydroxylation sites is 1. The molecule has 0 aliphatic carbocycles. The van der Waals surface area contributed by atoms with Crippen LogP contribution in [0.15, 0.2) is 77.0 Å². The largest absolute Gasteiger partial charge is 0.496 e. The maximum atomic E-state index is 12.6. The van der Waals surface area contributed by atoms with Gasteiger partial charge in [-0.25, -0.2) is 5.43 Å². The lowest BCUT2D eigenvalue weighted by Crippen LogP contribution is -2.20. The molecule has 4 rings (SSSR count). The average Bonchev–Trinajstić information content (AvgIpc) is 3.36. The topological polar surface area (TPSA) is 99.9 Å². The van der Waals surface area contributed by atoms with E-state index in [1.54, 1.807) is 19.2 Å². The molecule has 1 amide bonds. The molecule has 0 unspecified atom stereocenters. The highest BCUT2D eigenvalue weighted by atomic mass is 32.2. The number of carbonyl (C=O) groups is 1. The minimum atomic E-state index is -0.299. The third kappa shape index (κ3) is 6.10. The first-order valence-corrected chi connectivity index (χ1v) is 12.3. The fourth-order valence-corrected chi connectivity index (χ4v) is 4.30. The molecule has 3 aromatic carbocycles. The van der Waals surface area contributed by atoms with Crippen LogP contribution in [0.4, 0.5) is 0 Å². The van der Waals surface area contributed by atoms with Crippen LogP contribution in [0, 0.1) is 6.92 Å². The summed E-state index contributed by atoms with van der Waals surface area (Å²) in [5.74, 6) is 2.08. The van der Waals surface area contributed by atoms with E-state index in [0.29, 0.717) is 33.8 Å². The Kier molecular flexibility index (Phi) is 8.42. The van der Waals surface area contributed by atoms with Crippen molar-refractivity contribution in [3.8, 4) is 34.3 Å². The van der Waals surface area contributed by atoms with Gasteiger partial charge in [0.1, 0.15) is 17.2 Å². The quantitative estimate of drug-likeness (QED) is 0.188. The van der Waals surface area contributed by atoms with Crippen LogP contribution in [0.25, 0.3) is 17.1 Å². The Bertz CT molecular complexity index is 1360. The van der Waals surface area contributed by atoms with Crippen molar-refractivity contribution in [2.24, 2.45) is 5.10 Å². The van der Waals surface area contributed by atoms with E-state index in [4.69, 9.17) is 14.2 Å². The molecule has 1 heterocycles. The summed E-state index contributed by atoms with van der Waals surface area (Å²) < 4.78 is 18.0. The van der Waals surface area contributed by atoms with Gasteiger partial charge >= 0.3 is 0 Å². The molecule has 9 nitrogen and oxygen atoms in total. The summed E-state index contributed by atoms with van der Waals surface area (Å²) in [7, 11) is 4.63. The van der Waals surface area contributed by atoms with E-state index in [1.165, 1.54) is 32.2 Å². The molecule has 0 saturated carbocycles. The van der Waals surface area contributed by atoms with Gasteiger partial charge in [-0.3, -0.25) is 9.36 Å². The SMILES string of the molecule is COc1cc(OC)c(/C=N/NC(=O)CSc2nnc(-c3ccc(C)cc3)n2-c2ccccc2)c(OC)c1. The van der Waals surface area contributed by atoms with E-state index < -0.39 is 0 Å². The van der Waals surface area contributed by atoms with E-state index in [-0.39, 0.29) is 11.7 Å². The molecule has 0 aliphatic heterocycles. The third-order valence-electron chi connectivity index (χ3n) is 5.43. The van der Waals surface area contributed by atoms with Gasteiger partial charge in [0, 0.05) is 23.4 Å². The highest BCUT2D eigenvalue weighted by molar-refractivity contribution is 7.99. The number of amides is 1. The molecule has 0 radical (unpaired) electrons. The van der Waals surface area contributed by atoms with Gasteiger partial charge < -0.3 is 14.2 Å². The number of carbonyl (C=O) groups excluding carboxylic acids is 1. The molecule has 37 heavy (non-hydrogen) atoms. The number of rotatable bonds is 10. The van der Waals surface area contributed by atoms with Gasteiger partial charge in [0.25, 0.3) is 5.91 Å². The fraction of sp³-hybridized carbons (Fsp3) is 0.185. The van der Waals surface area contributed by atoms with Gasteiger partial charge in [-0.15, -0.1) is 10.2 Å². The number of thioether (sulfide) groups is 1. The Labute approximate surface area is 219 Å². The summed E-state index contributed by atoms with van der Waals surface area (Å²) >= 11 is 1.27. The molecule has 0 atom stereocenters. The number of nitrogens with zero attached hydrogens (tertiary/aromatic N) is 4. The number of hydrogen-bond donors (Lipinski definition) is 1. The van der Waals surface area contributed by atoms with Crippen LogP contribution in [0.3, 0.4) is 0 Å². The Hall–Kier alpha value is -4.31. The molecule has 0 aliphatic rings. The number of aromatic nitrogens is 3. The lowest BCUT2D eigenvalue weighted by Gasteiger charge is -2.12. The van der Waals surface area contributed by atoms with E-state index in [0.717, 1.165) is 16.8 Å². The predicted octanol–water partition coefficient (Wildman–Crippen LogP) is 4.51. The van der Waals surface area contributed by atoms with Crippen molar-refractivity contribution in [1.82, 2.24) is 20.2 Å². The maximum Gasteiger partial charge on any atom is 0.250 e. The first kappa shape index (κ1) is 25.8. The van der Waals surface area contributed by atoms with Gasteiger partial charge in [0.05, 0.1) is 38.9 Å². The van der Waals surface area contributed by atoms with Crippen LogP contribution in [-0.2, 0) is 4.79 Å². The van der Waals surface area contributed by atoms with Crippen LogP contribution in [-0.4, -0.2) is 54.0 Å². The number of hydrazone groups is 1. The average molecular weight is 518 g/mol. The third-order valence-corrected chi connectivity index (χ3v) is 6.35. The van der Waals surface area contributed by atoms with Crippen molar-refractivity contribution in [3.63, 3.8) is 0 Å². The second-order valence-electron chi connectivity index (χ2n) is 7.87. The lowest BCUT2D eigenvalue weighted by atomic mass is 10.1.